The summed E-state index contributed by atoms with van der Waals surface area (Å²) in [6.07, 6.45) is 4.74. The number of carbonyl (C=O) groups excluding carboxylic acids is 2. The van der Waals surface area contributed by atoms with Crippen molar-refractivity contribution in [2.45, 2.75) is 19.8 Å². The molecule has 0 bridgehead atoms. The SMILES string of the molecule is CCNC(=O)Nc1nc2cc(-c3cnc(N4CCCC(C(=O)OC)C4)nc3)c(F)cc2s1. The van der Waals surface area contributed by atoms with Crippen molar-refractivity contribution in [3.63, 3.8) is 0 Å². The van der Waals surface area contributed by atoms with E-state index in [1.165, 1.54) is 24.5 Å². The predicted octanol–water partition coefficient (Wildman–Crippen LogP) is 3.42. The van der Waals surface area contributed by atoms with Crippen molar-refractivity contribution in [2.24, 2.45) is 5.92 Å². The van der Waals surface area contributed by atoms with Crippen molar-refractivity contribution < 1.29 is 18.7 Å². The number of fused-ring (bicyclic) bond motifs is 1. The highest BCUT2D eigenvalue weighted by atomic mass is 32.1. The minimum Gasteiger partial charge on any atom is -0.469 e. The summed E-state index contributed by atoms with van der Waals surface area (Å²) in [6.45, 7) is 3.54. The minimum absolute atomic E-state index is 0.205. The van der Waals surface area contributed by atoms with E-state index in [9.17, 15) is 14.0 Å². The molecule has 1 atom stereocenters. The van der Waals surface area contributed by atoms with Gasteiger partial charge in [0.1, 0.15) is 5.82 Å². The molecule has 0 spiro atoms. The molecule has 168 valence electrons. The average Bonchev–Trinajstić information content (AvgIpc) is 3.19. The Bertz CT molecular complexity index is 1140. The summed E-state index contributed by atoms with van der Waals surface area (Å²) in [5, 5.41) is 5.66. The number of halogens is 1. The Morgan fingerprint density at radius 1 is 1.31 bits per heavy atom. The van der Waals surface area contributed by atoms with Crippen LogP contribution in [0.15, 0.2) is 24.5 Å². The summed E-state index contributed by atoms with van der Waals surface area (Å²) >= 11 is 1.20. The van der Waals surface area contributed by atoms with Crippen LogP contribution in [-0.2, 0) is 9.53 Å². The number of rotatable bonds is 5. The van der Waals surface area contributed by atoms with E-state index >= 15 is 0 Å². The molecule has 1 aromatic carbocycles. The molecule has 3 aromatic rings. The minimum atomic E-state index is -0.425. The number of urea groups is 1. The van der Waals surface area contributed by atoms with Gasteiger partial charge in [0.2, 0.25) is 5.95 Å². The molecule has 4 rings (SSSR count). The van der Waals surface area contributed by atoms with Crippen molar-refractivity contribution >= 4 is 44.6 Å². The summed E-state index contributed by atoms with van der Waals surface area (Å²) in [5.41, 5.74) is 1.41. The maximum absolute atomic E-state index is 14.8. The van der Waals surface area contributed by atoms with E-state index in [1.54, 1.807) is 18.5 Å². The predicted molar refractivity (Wildman–Crippen MR) is 120 cm³/mol. The highest BCUT2D eigenvalue weighted by Crippen LogP contribution is 2.32. The number of piperidine rings is 1. The molecule has 0 radical (unpaired) electrons. The van der Waals surface area contributed by atoms with Gasteiger partial charge in [-0.2, -0.15) is 0 Å². The van der Waals surface area contributed by atoms with Gasteiger partial charge >= 0.3 is 12.0 Å². The molecule has 32 heavy (non-hydrogen) atoms. The maximum Gasteiger partial charge on any atom is 0.321 e. The zero-order chi connectivity index (χ0) is 22.7. The van der Waals surface area contributed by atoms with Crippen LogP contribution in [-0.4, -0.2) is 53.7 Å². The summed E-state index contributed by atoms with van der Waals surface area (Å²) < 4.78 is 20.3. The Hall–Kier alpha value is -3.34. The van der Waals surface area contributed by atoms with Gasteiger partial charge < -0.3 is 15.0 Å². The summed E-state index contributed by atoms with van der Waals surface area (Å²) in [4.78, 5) is 38.7. The Morgan fingerprint density at radius 2 is 2.09 bits per heavy atom. The highest BCUT2D eigenvalue weighted by molar-refractivity contribution is 7.22. The Labute approximate surface area is 188 Å². The Morgan fingerprint density at radius 3 is 2.81 bits per heavy atom. The first kappa shape index (κ1) is 21.9. The van der Waals surface area contributed by atoms with Crippen LogP contribution >= 0.6 is 11.3 Å². The standard InChI is InChI=1S/C21H23FN6O3S/c1-3-23-20(30)27-21-26-16-7-14(15(22)8-17(16)32-21)13-9-24-19(25-10-13)28-6-4-5-12(11-28)18(29)31-2/h7-10,12H,3-6,11H2,1-2H3,(H2,23,26,27,30). The molecule has 1 fully saturated rings. The largest absolute Gasteiger partial charge is 0.469 e. The van der Waals surface area contributed by atoms with E-state index < -0.39 is 5.82 Å². The first-order valence-corrected chi connectivity index (χ1v) is 11.1. The van der Waals surface area contributed by atoms with Crippen LogP contribution in [0, 0.1) is 11.7 Å². The van der Waals surface area contributed by atoms with E-state index in [2.05, 4.69) is 25.6 Å². The lowest BCUT2D eigenvalue weighted by molar-refractivity contribution is -0.145. The lowest BCUT2D eigenvalue weighted by Crippen LogP contribution is -2.40. The smallest absolute Gasteiger partial charge is 0.321 e. The molecule has 2 amide bonds. The van der Waals surface area contributed by atoms with Crippen LogP contribution in [0.1, 0.15) is 19.8 Å². The fraction of sp³-hybridized carbons (Fsp3) is 0.381. The maximum atomic E-state index is 14.8. The van der Waals surface area contributed by atoms with Crippen LogP contribution in [0.25, 0.3) is 21.3 Å². The van der Waals surface area contributed by atoms with Gasteiger partial charge in [-0.25, -0.2) is 24.1 Å². The van der Waals surface area contributed by atoms with Gasteiger partial charge in [-0.05, 0) is 31.9 Å². The average molecular weight is 459 g/mol. The molecule has 2 N–H and O–H groups in total. The van der Waals surface area contributed by atoms with Crippen molar-refractivity contribution in [3.05, 3.63) is 30.3 Å². The second-order valence-electron chi connectivity index (χ2n) is 7.38. The third-order valence-electron chi connectivity index (χ3n) is 5.22. The molecular formula is C21H23FN6O3S. The van der Waals surface area contributed by atoms with Gasteiger partial charge in [0.25, 0.3) is 0 Å². The van der Waals surface area contributed by atoms with Crippen molar-refractivity contribution in [1.82, 2.24) is 20.3 Å². The molecule has 1 aliphatic rings. The van der Waals surface area contributed by atoms with Crippen molar-refractivity contribution in [3.8, 4) is 11.1 Å². The fourth-order valence-electron chi connectivity index (χ4n) is 3.67. The van der Waals surface area contributed by atoms with E-state index in [1.807, 2.05) is 11.8 Å². The molecule has 11 heteroatoms. The van der Waals surface area contributed by atoms with Crippen LogP contribution in [0.3, 0.4) is 0 Å². The topological polar surface area (TPSA) is 109 Å². The van der Waals surface area contributed by atoms with E-state index in [0.717, 1.165) is 19.4 Å². The second kappa shape index (κ2) is 9.43. The molecule has 1 saturated heterocycles. The number of nitrogens with one attached hydrogen (secondary N) is 2. The number of hydrogen-bond acceptors (Lipinski definition) is 8. The van der Waals surface area contributed by atoms with Crippen LogP contribution in [0.4, 0.5) is 20.3 Å². The normalized spacial score (nSPS) is 16.1. The number of methoxy groups -OCH3 is 1. The molecule has 2 aromatic heterocycles. The molecule has 9 nitrogen and oxygen atoms in total. The molecule has 0 aliphatic carbocycles. The summed E-state index contributed by atoms with van der Waals surface area (Å²) in [6, 6.07) is 2.66. The van der Waals surface area contributed by atoms with Gasteiger partial charge in [-0.3, -0.25) is 10.1 Å². The number of hydrogen-bond donors (Lipinski definition) is 2. The monoisotopic (exact) mass is 458 g/mol. The quantitative estimate of drug-likeness (QED) is 0.564. The number of thiazole rings is 1. The van der Waals surface area contributed by atoms with E-state index in [0.29, 0.717) is 45.5 Å². The number of carbonyl (C=O) groups is 2. The van der Waals surface area contributed by atoms with Gasteiger partial charge in [0.15, 0.2) is 5.13 Å². The molecule has 1 aliphatic heterocycles. The lowest BCUT2D eigenvalue weighted by atomic mass is 9.98. The Kier molecular flexibility index (Phi) is 6.45. The van der Waals surface area contributed by atoms with Crippen molar-refractivity contribution in [2.75, 3.05) is 37.0 Å². The molecule has 3 heterocycles. The Balaban J connectivity index is 1.54. The lowest BCUT2D eigenvalue weighted by Gasteiger charge is -2.31. The van der Waals surface area contributed by atoms with Gasteiger partial charge in [-0.1, -0.05) is 11.3 Å². The van der Waals surface area contributed by atoms with Gasteiger partial charge in [0, 0.05) is 43.2 Å². The summed E-state index contributed by atoms with van der Waals surface area (Å²) in [5.74, 6) is -0.369. The zero-order valence-corrected chi connectivity index (χ0v) is 18.5. The third kappa shape index (κ3) is 4.62. The number of anilines is 2. The fourth-order valence-corrected chi connectivity index (χ4v) is 4.53. The van der Waals surface area contributed by atoms with Gasteiger partial charge in [-0.15, -0.1) is 0 Å². The highest BCUT2D eigenvalue weighted by Gasteiger charge is 2.27. The third-order valence-corrected chi connectivity index (χ3v) is 6.16. The number of esters is 1. The van der Waals surface area contributed by atoms with E-state index in [4.69, 9.17) is 4.74 Å². The van der Waals surface area contributed by atoms with Crippen LogP contribution in [0.2, 0.25) is 0 Å². The number of ether oxygens (including phenoxy) is 1. The number of amides is 2. The number of nitrogens with zero attached hydrogens (tertiary/aromatic N) is 4. The van der Waals surface area contributed by atoms with E-state index in [-0.39, 0.29) is 17.9 Å². The summed E-state index contributed by atoms with van der Waals surface area (Å²) in [7, 11) is 1.39. The van der Waals surface area contributed by atoms with Gasteiger partial charge in [0.05, 0.1) is 23.2 Å². The first-order chi connectivity index (χ1) is 15.5. The van der Waals surface area contributed by atoms with Crippen LogP contribution < -0.4 is 15.5 Å². The second-order valence-corrected chi connectivity index (χ2v) is 8.41. The first-order valence-electron chi connectivity index (χ1n) is 10.3. The van der Waals surface area contributed by atoms with Crippen LogP contribution in [0.5, 0.6) is 0 Å². The zero-order valence-electron chi connectivity index (χ0n) is 17.7. The molecule has 1 unspecified atom stereocenters. The van der Waals surface area contributed by atoms with Crippen molar-refractivity contribution in [1.29, 1.82) is 0 Å². The molecular weight excluding hydrogens is 435 g/mol. The number of aromatic nitrogens is 3. The molecule has 0 saturated carbocycles. The number of benzene rings is 1.